The van der Waals surface area contributed by atoms with Gasteiger partial charge in [-0.2, -0.15) is 0 Å². The molecule has 0 saturated carbocycles. The largest absolute Gasteiger partial charge is 0.309 e. The van der Waals surface area contributed by atoms with Crippen molar-refractivity contribution in [2.75, 3.05) is 0 Å². The first-order chi connectivity index (χ1) is 37.5. The Hall–Kier alpha value is -10.2. The molecule has 0 saturated heterocycles. The number of para-hydroxylation sites is 2. The van der Waals surface area contributed by atoms with E-state index in [2.05, 4.69) is 144 Å². The Morgan fingerprint density at radius 2 is 0.526 bits per heavy atom. The lowest BCUT2D eigenvalue weighted by atomic mass is 9.95. The highest BCUT2D eigenvalue weighted by Gasteiger charge is 2.24. The number of hydrogen-bond acceptors (Lipinski definition) is 6. The molecule has 0 aliphatic carbocycles. The maximum Gasteiger partial charge on any atom is 0.164 e. The van der Waals surface area contributed by atoms with Gasteiger partial charge in [0.1, 0.15) is 0 Å². The smallest absolute Gasteiger partial charge is 0.164 e. The summed E-state index contributed by atoms with van der Waals surface area (Å²) in [6.07, 6.45) is 0. The molecule has 8 heteroatoms. The Balaban J connectivity index is 1.11. The van der Waals surface area contributed by atoms with Crippen LogP contribution >= 0.6 is 0 Å². The fourth-order valence-electron chi connectivity index (χ4n) is 10.7. The Kier molecular flexibility index (Phi) is 10.8. The zero-order valence-electron chi connectivity index (χ0n) is 41.7. The van der Waals surface area contributed by atoms with Crippen molar-refractivity contribution in [1.82, 2.24) is 39.0 Å². The van der Waals surface area contributed by atoms with Crippen LogP contribution in [0.15, 0.2) is 243 Å². The zero-order chi connectivity index (χ0) is 50.7. The van der Waals surface area contributed by atoms with Gasteiger partial charge >= 0.3 is 0 Å². The lowest BCUT2D eigenvalue weighted by molar-refractivity contribution is 1.07. The number of fused-ring (bicyclic) bond motifs is 6. The zero-order valence-corrected chi connectivity index (χ0v) is 41.7. The van der Waals surface area contributed by atoms with Crippen molar-refractivity contribution >= 4 is 43.6 Å². The Morgan fingerprint density at radius 1 is 0.237 bits per heavy atom. The van der Waals surface area contributed by atoms with Gasteiger partial charge in [-0.3, -0.25) is 0 Å². The quantitative estimate of drug-likeness (QED) is 0.143. The number of nitrogens with zero attached hydrogens (tertiary/aromatic N) is 8. The van der Waals surface area contributed by atoms with Gasteiger partial charge in [0, 0.05) is 66.1 Å². The SMILES string of the molecule is Cc1ccc2c(c1)c1ccccc1n2-c1ccc(-c2nc(-c3ccccc3)nc(-c3ccccc3)n2)cc1-c1cc(-c2nc(-c3ccccc3)nc(-c3ccccc3)n2)ccc1-n1c2ccccc2c2cc(C)ccc21. The number of rotatable bonds is 9. The fraction of sp³-hybridized carbons (Fsp3) is 0.0294. The van der Waals surface area contributed by atoms with Gasteiger partial charge in [-0.15, -0.1) is 0 Å². The predicted octanol–water partition coefficient (Wildman–Crippen LogP) is 16.5. The van der Waals surface area contributed by atoms with E-state index in [4.69, 9.17) is 29.9 Å². The molecule has 0 spiro atoms. The summed E-state index contributed by atoms with van der Waals surface area (Å²) in [4.78, 5) is 31.3. The first-order valence-electron chi connectivity index (χ1n) is 25.5. The van der Waals surface area contributed by atoms with Gasteiger partial charge in [-0.25, -0.2) is 29.9 Å². The van der Waals surface area contributed by atoms with Gasteiger partial charge in [0.2, 0.25) is 0 Å². The van der Waals surface area contributed by atoms with Crippen molar-refractivity contribution in [2.45, 2.75) is 13.8 Å². The molecule has 0 aliphatic rings. The van der Waals surface area contributed by atoms with Gasteiger partial charge < -0.3 is 9.13 Å². The second-order valence-corrected chi connectivity index (χ2v) is 19.3. The van der Waals surface area contributed by atoms with Crippen LogP contribution in [0.25, 0.3) is 134 Å². The molecule has 4 aromatic heterocycles. The van der Waals surface area contributed by atoms with Crippen molar-refractivity contribution in [3.8, 4) is 90.8 Å². The van der Waals surface area contributed by atoms with E-state index >= 15 is 0 Å². The van der Waals surface area contributed by atoms with Crippen molar-refractivity contribution in [3.63, 3.8) is 0 Å². The second kappa shape index (κ2) is 18.4. The molecule has 0 aliphatic heterocycles. The summed E-state index contributed by atoms with van der Waals surface area (Å²) in [5, 5.41) is 4.71. The highest BCUT2D eigenvalue weighted by molar-refractivity contribution is 6.12. The summed E-state index contributed by atoms with van der Waals surface area (Å²) in [5.41, 5.74) is 15.9. The molecule has 0 fully saturated rings. The minimum atomic E-state index is 0.556. The van der Waals surface area contributed by atoms with Crippen LogP contribution in [-0.2, 0) is 0 Å². The highest BCUT2D eigenvalue weighted by Crippen LogP contribution is 2.44. The van der Waals surface area contributed by atoms with E-state index in [-0.39, 0.29) is 0 Å². The third-order valence-corrected chi connectivity index (χ3v) is 14.3. The van der Waals surface area contributed by atoms with E-state index in [1.165, 1.54) is 32.7 Å². The Morgan fingerprint density at radius 3 is 0.868 bits per heavy atom. The van der Waals surface area contributed by atoms with Crippen LogP contribution in [0.3, 0.4) is 0 Å². The minimum Gasteiger partial charge on any atom is -0.309 e. The number of aryl methyl sites for hydroxylation is 2. The van der Waals surface area contributed by atoms with Crippen LogP contribution in [0.2, 0.25) is 0 Å². The Bertz CT molecular complexity index is 4120. The van der Waals surface area contributed by atoms with Gasteiger partial charge in [0.25, 0.3) is 0 Å². The maximum absolute atomic E-state index is 5.28. The molecular weight excluding hydrogens is 929 g/mol. The standard InChI is InChI=1S/C68H46N8/c1-43-31-35-59-53(39-43)51-27-15-17-29-57(51)75(59)61-37-33-49(67-71-63(45-19-7-3-8-20-45)69-64(72-67)46-21-9-4-10-22-46)41-55(61)56-42-50(34-38-62(56)76-58-30-18-16-28-52(58)54-40-44(2)32-36-60(54)76)68-73-65(47-23-11-5-12-24-47)70-66(74-68)48-25-13-6-14-26-48/h3-42H,1-2H3. The predicted molar refractivity (Wildman–Crippen MR) is 309 cm³/mol. The molecule has 10 aromatic carbocycles. The van der Waals surface area contributed by atoms with Crippen LogP contribution in [0.1, 0.15) is 11.1 Å². The summed E-state index contributed by atoms with van der Waals surface area (Å²) < 4.78 is 4.83. The summed E-state index contributed by atoms with van der Waals surface area (Å²) in [6, 6.07) is 84.8. The lowest BCUT2D eigenvalue weighted by Gasteiger charge is -2.21. The highest BCUT2D eigenvalue weighted by atomic mass is 15.1. The molecule has 4 heterocycles. The van der Waals surface area contributed by atoms with E-state index < -0.39 is 0 Å². The molecule has 14 aromatic rings. The van der Waals surface area contributed by atoms with E-state index in [0.717, 1.165) is 77.9 Å². The monoisotopic (exact) mass is 974 g/mol. The molecule has 0 N–H and O–H groups in total. The number of benzene rings is 10. The summed E-state index contributed by atoms with van der Waals surface area (Å²) in [6.45, 7) is 4.32. The van der Waals surface area contributed by atoms with Crippen LogP contribution in [0, 0.1) is 13.8 Å². The first kappa shape index (κ1) is 44.5. The van der Waals surface area contributed by atoms with E-state index in [1.807, 2.05) is 121 Å². The lowest BCUT2D eigenvalue weighted by Crippen LogP contribution is -2.05. The fourth-order valence-corrected chi connectivity index (χ4v) is 10.7. The molecule has 14 rings (SSSR count). The topological polar surface area (TPSA) is 87.2 Å². The summed E-state index contributed by atoms with van der Waals surface area (Å²) in [5.74, 6) is 3.48. The van der Waals surface area contributed by atoms with Crippen LogP contribution < -0.4 is 0 Å². The third-order valence-electron chi connectivity index (χ3n) is 14.3. The Labute approximate surface area is 439 Å². The average molecular weight is 975 g/mol. The molecule has 0 radical (unpaired) electrons. The van der Waals surface area contributed by atoms with Crippen LogP contribution in [0.4, 0.5) is 0 Å². The van der Waals surface area contributed by atoms with E-state index in [0.29, 0.717) is 34.9 Å². The normalized spacial score (nSPS) is 11.6. The molecule has 358 valence electrons. The van der Waals surface area contributed by atoms with Crippen LogP contribution in [0.5, 0.6) is 0 Å². The van der Waals surface area contributed by atoms with Gasteiger partial charge in [0.05, 0.1) is 33.4 Å². The first-order valence-corrected chi connectivity index (χ1v) is 25.5. The van der Waals surface area contributed by atoms with Crippen molar-refractivity contribution in [1.29, 1.82) is 0 Å². The summed E-state index contributed by atoms with van der Waals surface area (Å²) >= 11 is 0. The second-order valence-electron chi connectivity index (χ2n) is 19.3. The van der Waals surface area contributed by atoms with Crippen molar-refractivity contribution in [2.24, 2.45) is 0 Å². The van der Waals surface area contributed by atoms with E-state index in [1.54, 1.807) is 0 Å². The minimum absolute atomic E-state index is 0.556. The molecular formula is C68H46N8. The van der Waals surface area contributed by atoms with Crippen molar-refractivity contribution < 1.29 is 0 Å². The third kappa shape index (κ3) is 7.79. The summed E-state index contributed by atoms with van der Waals surface area (Å²) in [7, 11) is 0. The maximum atomic E-state index is 5.28. The van der Waals surface area contributed by atoms with Gasteiger partial charge in [-0.05, 0) is 86.6 Å². The average Bonchev–Trinajstić information content (AvgIpc) is 4.03. The number of aromatic nitrogens is 8. The molecule has 76 heavy (non-hydrogen) atoms. The van der Waals surface area contributed by atoms with Crippen molar-refractivity contribution in [3.05, 3.63) is 254 Å². The molecule has 0 amide bonds. The van der Waals surface area contributed by atoms with Gasteiger partial charge in [-0.1, -0.05) is 181 Å². The van der Waals surface area contributed by atoms with Gasteiger partial charge in [0.15, 0.2) is 34.9 Å². The molecule has 0 atom stereocenters. The van der Waals surface area contributed by atoms with Crippen LogP contribution in [-0.4, -0.2) is 39.0 Å². The molecule has 0 unspecified atom stereocenters. The molecule has 0 bridgehead atoms. The van der Waals surface area contributed by atoms with E-state index in [9.17, 15) is 0 Å². The number of hydrogen-bond donors (Lipinski definition) is 0. The molecule has 8 nitrogen and oxygen atoms in total.